The standard InChI is InChI=1S/C19H23FN2O4/c1-5-26-19(24)15-13(11-6-8-12(20)9-7-11)14(18(23)25-4)16(10(2)3)22-17(15)21/h6-10,13,22H,5,21H2,1-4H3. The average Bonchev–Trinajstić information content (AvgIpc) is 2.60. The van der Waals surface area contributed by atoms with Crippen molar-refractivity contribution in [2.24, 2.45) is 11.7 Å². The molecule has 1 aliphatic rings. The fraction of sp³-hybridized carbons (Fsp3) is 0.368. The Morgan fingerprint density at radius 1 is 1.19 bits per heavy atom. The van der Waals surface area contributed by atoms with Gasteiger partial charge in [0.15, 0.2) is 0 Å². The molecule has 0 aliphatic carbocycles. The quantitative estimate of drug-likeness (QED) is 0.782. The molecule has 2 rings (SSSR count). The summed E-state index contributed by atoms with van der Waals surface area (Å²) in [5.74, 6) is -2.46. The number of ether oxygens (including phenoxy) is 2. The van der Waals surface area contributed by atoms with Crippen LogP contribution >= 0.6 is 0 Å². The number of hydrogen-bond acceptors (Lipinski definition) is 6. The van der Waals surface area contributed by atoms with Gasteiger partial charge in [0.2, 0.25) is 0 Å². The van der Waals surface area contributed by atoms with Crippen molar-refractivity contribution in [2.45, 2.75) is 26.7 Å². The predicted molar refractivity (Wildman–Crippen MR) is 94.0 cm³/mol. The molecule has 0 bridgehead atoms. The fourth-order valence-electron chi connectivity index (χ4n) is 2.95. The number of nitrogens with two attached hydrogens (primary N) is 1. The lowest BCUT2D eigenvalue weighted by Gasteiger charge is -2.32. The van der Waals surface area contributed by atoms with Gasteiger partial charge in [-0.05, 0) is 30.5 Å². The monoisotopic (exact) mass is 362 g/mol. The van der Waals surface area contributed by atoms with E-state index < -0.39 is 23.7 Å². The minimum atomic E-state index is -0.819. The fourth-order valence-corrected chi connectivity index (χ4v) is 2.95. The summed E-state index contributed by atoms with van der Waals surface area (Å²) in [6.45, 7) is 5.60. The molecule has 1 unspecified atom stereocenters. The Balaban J connectivity index is 2.73. The normalized spacial score (nSPS) is 17.2. The van der Waals surface area contributed by atoms with Crippen molar-refractivity contribution in [3.63, 3.8) is 0 Å². The minimum Gasteiger partial charge on any atom is -0.466 e. The number of nitrogens with one attached hydrogen (secondary N) is 1. The topological polar surface area (TPSA) is 90.6 Å². The molecule has 0 spiro atoms. The number of dihydropyridines is 1. The van der Waals surface area contributed by atoms with Gasteiger partial charge in [-0.3, -0.25) is 0 Å². The highest BCUT2D eigenvalue weighted by molar-refractivity contribution is 5.99. The molecule has 3 N–H and O–H groups in total. The van der Waals surface area contributed by atoms with Crippen LogP contribution in [0.3, 0.4) is 0 Å². The van der Waals surface area contributed by atoms with Gasteiger partial charge >= 0.3 is 11.9 Å². The number of halogens is 1. The zero-order valence-electron chi connectivity index (χ0n) is 15.3. The van der Waals surface area contributed by atoms with E-state index in [1.165, 1.54) is 31.4 Å². The summed E-state index contributed by atoms with van der Waals surface area (Å²) in [5, 5.41) is 2.94. The molecule has 0 fully saturated rings. The van der Waals surface area contributed by atoms with Crippen LogP contribution in [-0.2, 0) is 19.1 Å². The van der Waals surface area contributed by atoms with E-state index in [0.717, 1.165) is 0 Å². The first-order valence-electron chi connectivity index (χ1n) is 8.33. The molecule has 0 radical (unpaired) electrons. The zero-order chi connectivity index (χ0) is 19.4. The maximum Gasteiger partial charge on any atom is 0.338 e. The number of carbonyl (C=O) groups is 2. The minimum absolute atomic E-state index is 0.0886. The number of rotatable bonds is 5. The molecule has 26 heavy (non-hydrogen) atoms. The van der Waals surface area contributed by atoms with Crippen LogP contribution in [0.4, 0.5) is 4.39 Å². The molecule has 1 atom stereocenters. The highest BCUT2D eigenvalue weighted by atomic mass is 19.1. The van der Waals surface area contributed by atoms with Crippen LogP contribution in [0.15, 0.2) is 46.9 Å². The molecule has 0 amide bonds. The summed E-state index contributed by atoms with van der Waals surface area (Å²) in [6.07, 6.45) is 0. The first-order chi connectivity index (χ1) is 12.3. The second-order valence-electron chi connectivity index (χ2n) is 6.13. The smallest absolute Gasteiger partial charge is 0.338 e. The summed E-state index contributed by atoms with van der Waals surface area (Å²) >= 11 is 0. The molecule has 1 aliphatic heterocycles. The highest BCUT2D eigenvalue weighted by Crippen LogP contribution is 2.39. The van der Waals surface area contributed by atoms with Gasteiger partial charge in [-0.25, -0.2) is 14.0 Å². The van der Waals surface area contributed by atoms with Crippen LogP contribution in [0.5, 0.6) is 0 Å². The van der Waals surface area contributed by atoms with Crippen LogP contribution < -0.4 is 11.1 Å². The second-order valence-corrected chi connectivity index (χ2v) is 6.13. The molecule has 0 saturated carbocycles. The van der Waals surface area contributed by atoms with Crippen molar-refractivity contribution in [2.75, 3.05) is 13.7 Å². The molecule has 1 aromatic rings. The van der Waals surface area contributed by atoms with Crippen LogP contribution in [0.25, 0.3) is 0 Å². The number of esters is 2. The Labute approximate surface area is 151 Å². The van der Waals surface area contributed by atoms with E-state index in [4.69, 9.17) is 15.2 Å². The van der Waals surface area contributed by atoms with E-state index in [0.29, 0.717) is 11.3 Å². The number of carbonyl (C=O) groups excluding carboxylic acids is 2. The van der Waals surface area contributed by atoms with Gasteiger partial charge in [0.05, 0.1) is 30.8 Å². The number of methoxy groups -OCH3 is 1. The molecule has 0 saturated heterocycles. The maximum absolute atomic E-state index is 13.4. The molecular weight excluding hydrogens is 339 g/mol. The molecule has 140 valence electrons. The van der Waals surface area contributed by atoms with Crippen molar-refractivity contribution in [1.29, 1.82) is 0 Å². The van der Waals surface area contributed by atoms with E-state index in [1.54, 1.807) is 6.92 Å². The van der Waals surface area contributed by atoms with E-state index >= 15 is 0 Å². The second kappa shape index (κ2) is 8.03. The SMILES string of the molecule is CCOC(=O)C1=C(N)NC(C(C)C)=C(C(=O)OC)C1c1ccc(F)cc1. The van der Waals surface area contributed by atoms with Crippen molar-refractivity contribution in [3.05, 3.63) is 58.3 Å². The van der Waals surface area contributed by atoms with Crippen LogP contribution in [0.1, 0.15) is 32.3 Å². The summed E-state index contributed by atoms with van der Waals surface area (Å²) in [5.41, 5.74) is 7.56. The van der Waals surface area contributed by atoms with E-state index in [-0.39, 0.29) is 29.5 Å². The Bertz CT molecular complexity index is 766. The third-order valence-electron chi connectivity index (χ3n) is 4.11. The van der Waals surface area contributed by atoms with Crippen LogP contribution in [0.2, 0.25) is 0 Å². The van der Waals surface area contributed by atoms with Crippen molar-refractivity contribution in [1.82, 2.24) is 5.32 Å². The summed E-state index contributed by atoms with van der Waals surface area (Å²) in [7, 11) is 1.26. The Morgan fingerprint density at radius 2 is 1.81 bits per heavy atom. The maximum atomic E-state index is 13.4. The van der Waals surface area contributed by atoms with Gasteiger partial charge < -0.3 is 20.5 Å². The molecular formula is C19H23FN2O4. The van der Waals surface area contributed by atoms with E-state index in [2.05, 4.69) is 5.32 Å². The first kappa shape index (κ1) is 19.5. The number of hydrogen-bond donors (Lipinski definition) is 2. The largest absolute Gasteiger partial charge is 0.466 e. The van der Waals surface area contributed by atoms with Crippen molar-refractivity contribution in [3.8, 4) is 0 Å². The molecule has 1 aromatic carbocycles. The number of allylic oxidation sites excluding steroid dienone is 1. The van der Waals surface area contributed by atoms with Gasteiger partial charge in [-0.15, -0.1) is 0 Å². The van der Waals surface area contributed by atoms with Crippen molar-refractivity contribution >= 4 is 11.9 Å². The zero-order valence-corrected chi connectivity index (χ0v) is 15.3. The Kier molecular flexibility index (Phi) is 6.02. The third-order valence-corrected chi connectivity index (χ3v) is 4.11. The first-order valence-corrected chi connectivity index (χ1v) is 8.33. The lowest BCUT2D eigenvalue weighted by atomic mass is 9.79. The third kappa shape index (κ3) is 3.71. The van der Waals surface area contributed by atoms with Gasteiger partial charge in [0.1, 0.15) is 11.6 Å². The van der Waals surface area contributed by atoms with Crippen LogP contribution in [0, 0.1) is 11.7 Å². The van der Waals surface area contributed by atoms with Crippen LogP contribution in [-0.4, -0.2) is 25.7 Å². The van der Waals surface area contributed by atoms with Gasteiger partial charge in [-0.2, -0.15) is 0 Å². The highest BCUT2D eigenvalue weighted by Gasteiger charge is 2.39. The number of benzene rings is 1. The van der Waals surface area contributed by atoms with Gasteiger partial charge in [0.25, 0.3) is 0 Å². The Hall–Kier alpha value is -2.83. The average molecular weight is 362 g/mol. The lowest BCUT2D eigenvalue weighted by Crippen LogP contribution is -2.38. The summed E-state index contributed by atoms with van der Waals surface area (Å²) in [4.78, 5) is 25.1. The molecule has 1 heterocycles. The van der Waals surface area contributed by atoms with E-state index in [1.807, 2.05) is 13.8 Å². The molecule has 6 nitrogen and oxygen atoms in total. The lowest BCUT2D eigenvalue weighted by molar-refractivity contribution is -0.139. The molecule has 0 aromatic heterocycles. The predicted octanol–water partition coefficient (Wildman–Crippen LogP) is 2.33. The van der Waals surface area contributed by atoms with Gasteiger partial charge in [-0.1, -0.05) is 26.0 Å². The van der Waals surface area contributed by atoms with Crippen molar-refractivity contribution < 1.29 is 23.5 Å². The van der Waals surface area contributed by atoms with E-state index in [9.17, 15) is 14.0 Å². The summed E-state index contributed by atoms with van der Waals surface area (Å²) < 4.78 is 23.5. The van der Waals surface area contributed by atoms with Gasteiger partial charge in [0, 0.05) is 5.70 Å². The summed E-state index contributed by atoms with van der Waals surface area (Å²) in [6, 6.07) is 5.55. The Morgan fingerprint density at radius 3 is 2.31 bits per heavy atom. The molecule has 7 heteroatoms.